The van der Waals surface area contributed by atoms with Crippen molar-refractivity contribution in [2.75, 3.05) is 5.73 Å². The fourth-order valence-corrected chi connectivity index (χ4v) is 0.764. The summed E-state index contributed by atoms with van der Waals surface area (Å²) in [5, 5.41) is 0. The molecule has 10 heavy (non-hydrogen) atoms. The second-order valence-electron chi connectivity index (χ2n) is 2.15. The van der Waals surface area contributed by atoms with Crippen LogP contribution in [0.15, 0.2) is 19.0 Å². The predicted octanol–water partition coefficient (Wildman–Crippen LogP) is 1.62. The van der Waals surface area contributed by atoms with Gasteiger partial charge < -0.3 is 5.73 Å². The third-order valence-corrected chi connectivity index (χ3v) is 1.51. The van der Waals surface area contributed by atoms with Crippen LogP contribution >= 0.6 is 0 Å². The summed E-state index contributed by atoms with van der Waals surface area (Å²) in [7, 11) is 0. The third-order valence-electron chi connectivity index (χ3n) is 1.51. The molecule has 0 radical (unpaired) electrons. The lowest BCUT2D eigenvalue weighted by Gasteiger charge is -2.00. The number of nitrogen functional groups attached to an aromatic ring is 1. The van der Waals surface area contributed by atoms with Gasteiger partial charge in [0.25, 0.3) is 0 Å². The van der Waals surface area contributed by atoms with Gasteiger partial charge in [-0.05, 0) is 18.1 Å². The molecule has 1 heterocycles. The molecule has 52 valence electrons. The number of nitrogens with zero attached hydrogens (tertiary/aromatic N) is 1. The van der Waals surface area contributed by atoms with E-state index in [2.05, 4.69) is 11.6 Å². The molecule has 2 heteroatoms. The maximum Gasteiger partial charge on any atom is 0.0536 e. The second-order valence-corrected chi connectivity index (χ2v) is 2.15. The summed E-state index contributed by atoms with van der Waals surface area (Å²) in [4.78, 5) is 3.92. The fourth-order valence-electron chi connectivity index (χ4n) is 0.764. The molecule has 1 rings (SSSR count). The number of pyridine rings is 1. The van der Waals surface area contributed by atoms with Crippen molar-refractivity contribution in [1.82, 2.24) is 4.98 Å². The van der Waals surface area contributed by atoms with Crippen LogP contribution in [0.2, 0.25) is 0 Å². The molecule has 0 aliphatic carbocycles. The van der Waals surface area contributed by atoms with Gasteiger partial charge in [-0.1, -0.05) is 12.7 Å². The average molecular weight is 134 g/mol. The topological polar surface area (TPSA) is 38.9 Å². The first-order chi connectivity index (χ1) is 4.75. The first-order valence-corrected chi connectivity index (χ1v) is 3.08. The maximum absolute atomic E-state index is 5.59. The fraction of sp³-hybridized carbons (Fsp3) is 0.125. The molecule has 0 fully saturated rings. The lowest BCUT2D eigenvalue weighted by molar-refractivity contribution is 1.28. The smallest absolute Gasteiger partial charge is 0.0536 e. The van der Waals surface area contributed by atoms with E-state index in [1.807, 2.05) is 6.92 Å². The molecule has 2 N–H and O–H groups in total. The molecule has 0 amide bonds. The van der Waals surface area contributed by atoms with Gasteiger partial charge in [-0.15, -0.1) is 0 Å². The molecule has 2 nitrogen and oxygen atoms in total. The van der Waals surface area contributed by atoms with Crippen LogP contribution in [-0.2, 0) is 0 Å². The Morgan fingerprint density at radius 1 is 1.60 bits per heavy atom. The lowest BCUT2D eigenvalue weighted by atomic mass is 10.1. The lowest BCUT2D eigenvalue weighted by Crippen LogP contribution is -1.92. The van der Waals surface area contributed by atoms with Crippen molar-refractivity contribution < 1.29 is 0 Å². The Balaban J connectivity index is 3.27. The summed E-state index contributed by atoms with van der Waals surface area (Å²) in [6.45, 7) is 5.59. The zero-order valence-electron chi connectivity index (χ0n) is 5.96. The molecule has 1 aromatic heterocycles. The molecule has 0 atom stereocenters. The molecule has 0 saturated heterocycles. The van der Waals surface area contributed by atoms with E-state index in [1.54, 1.807) is 18.5 Å². The van der Waals surface area contributed by atoms with Crippen LogP contribution in [0.5, 0.6) is 0 Å². The van der Waals surface area contributed by atoms with Crippen molar-refractivity contribution in [3.05, 3.63) is 30.1 Å². The number of nitrogens with two attached hydrogens (primary N) is 1. The first-order valence-electron chi connectivity index (χ1n) is 3.08. The van der Waals surface area contributed by atoms with Crippen LogP contribution in [0.3, 0.4) is 0 Å². The van der Waals surface area contributed by atoms with Crippen LogP contribution in [0.1, 0.15) is 11.1 Å². The third kappa shape index (κ3) is 1.00. The van der Waals surface area contributed by atoms with Crippen molar-refractivity contribution in [2.24, 2.45) is 0 Å². The van der Waals surface area contributed by atoms with E-state index >= 15 is 0 Å². The van der Waals surface area contributed by atoms with E-state index in [1.165, 1.54) is 0 Å². The van der Waals surface area contributed by atoms with E-state index in [9.17, 15) is 0 Å². The minimum absolute atomic E-state index is 0.720. The summed E-state index contributed by atoms with van der Waals surface area (Å²) < 4.78 is 0. The Kier molecular flexibility index (Phi) is 1.71. The van der Waals surface area contributed by atoms with E-state index in [4.69, 9.17) is 5.73 Å². The molecule has 0 aliphatic rings. The van der Waals surface area contributed by atoms with Gasteiger partial charge in [-0.3, -0.25) is 4.98 Å². The minimum atomic E-state index is 0.720. The van der Waals surface area contributed by atoms with Crippen molar-refractivity contribution in [3.63, 3.8) is 0 Å². The quantitative estimate of drug-likeness (QED) is 0.633. The second kappa shape index (κ2) is 2.52. The van der Waals surface area contributed by atoms with Gasteiger partial charge >= 0.3 is 0 Å². The van der Waals surface area contributed by atoms with Crippen LogP contribution in [-0.4, -0.2) is 4.98 Å². The summed E-state index contributed by atoms with van der Waals surface area (Å²) in [6, 6.07) is 0. The highest BCUT2D eigenvalue weighted by Crippen LogP contribution is 2.13. The number of hydrogen-bond donors (Lipinski definition) is 1. The highest BCUT2D eigenvalue weighted by molar-refractivity contribution is 5.58. The molecule has 0 aromatic carbocycles. The molecule has 0 unspecified atom stereocenters. The van der Waals surface area contributed by atoms with Gasteiger partial charge in [-0.2, -0.15) is 0 Å². The summed E-state index contributed by atoms with van der Waals surface area (Å²) in [6.07, 6.45) is 5.14. The normalized spacial score (nSPS) is 9.30. The molecule has 0 spiro atoms. The Bertz CT molecular complexity index is 253. The Hall–Kier alpha value is -1.31. The monoisotopic (exact) mass is 134 g/mol. The van der Waals surface area contributed by atoms with Crippen LogP contribution in [0.25, 0.3) is 6.08 Å². The van der Waals surface area contributed by atoms with Gasteiger partial charge in [0.15, 0.2) is 0 Å². The van der Waals surface area contributed by atoms with E-state index in [0.29, 0.717) is 0 Å². The zero-order chi connectivity index (χ0) is 7.56. The van der Waals surface area contributed by atoms with Gasteiger partial charge in [0.2, 0.25) is 0 Å². The highest BCUT2D eigenvalue weighted by atomic mass is 14.7. The molecule has 0 aliphatic heterocycles. The summed E-state index contributed by atoms with van der Waals surface area (Å²) in [5.41, 5.74) is 8.35. The number of rotatable bonds is 1. The predicted molar refractivity (Wildman–Crippen MR) is 43.5 cm³/mol. The Morgan fingerprint density at radius 2 is 2.30 bits per heavy atom. The number of hydrogen-bond acceptors (Lipinski definition) is 2. The first kappa shape index (κ1) is 6.81. The number of aromatic nitrogens is 1. The summed E-state index contributed by atoms with van der Waals surface area (Å²) in [5.74, 6) is 0. The van der Waals surface area contributed by atoms with Crippen LogP contribution < -0.4 is 5.73 Å². The van der Waals surface area contributed by atoms with Crippen molar-refractivity contribution in [1.29, 1.82) is 0 Å². The standard InChI is InChI=1S/C8H10N2/c1-3-7-4-10-5-8(9)6(7)2/h3-5H,1,9H2,2H3. The minimum Gasteiger partial charge on any atom is -0.397 e. The van der Waals surface area contributed by atoms with Gasteiger partial charge in [-0.25, -0.2) is 0 Å². The van der Waals surface area contributed by atoms with Gasteiger partial charge in [0.1, 0.15) is 0 Å². The van der Waals surface area contributed by atoms with Crippen LogP contribution in [0.4, 0.5) is 5.69 Å². The van der Waals surface area contributed by atoms with Crippen molar-refractivity contribution >= 4 is 11.8 Å². The van der Waals surface area contributed by atoms with Crippen molar-refractivity contribution in [3.8, 4) is 0 Å². The van der Waals surface area contributed by atoms with Crippen molar-refractivity contribution in [2.45, 2.75) is 6.92 Å². The van der Waals surface area contributed by atoms with Crippen LogP contribution in [0, 0.1) is 6.92 Å². The largest absolute Gasteiger partial charge is 0.397 e. The maximum atomic E-state index is 5.59. The SMILES string of the molecule is C=Cc1cncc(N)c1C. The highest BCUT2D eigenvalue weighted by Gasteiger charge is 1.95. The molecular formula is C8H10N2. The molecular weight excluding hydrogens is 124 g/mol. The van der Waals surface area contributed by atoms with E-state index < -0.39 is 0 Å². The Morgan fingerprint density at radius 3 is 2.80 bits per heavy atom. The summed E-state index contributed by atoms with van der Waals surface area (Å²) >= 11 is 0. The van der Waals surface area contributed by atoms with Gasteiger partial charge in [0, 0.05) is 6.20 Å². The van der Waals surface area contributed by atoms with Gasteiger partial charge in [0.05, 0.1) is 11.9 Å². The zero-order valence-corrected chi connectivity index (χ0v) is 5.96. The average Bonchev–Trinajstić information content (AvgIpc) is 1.95. The molecule has 0 saturated carbocycles. The number of anilines is 1. The van der Waals surface area contributed by atoms with E-state index in [-0.39, 0.29) is 0 Å². The van der Waals surface area contributed by atoms with E-state index in [0.717, 1.165) is 16.8 Å². The molecule has 0 bridgehead atoms. The Labute approximate surface area is 60.4 Å². The molecule has 1 aromatic rings.